The van der Waals surface area contributed by atoms with Crippen molar-refractivity contribution in [2.24, 2.45) is 0 Å². The lowest BCUT2D eigenvalue weighted by Gasteiger charge is -2.11. The predicted octanol–water partition coefficient (Wildman–Crippen LogP) is 4.77. The SMILES string of the molecule is CCOc1ccc(OCC(=O)Nc2ccc3c(c2)C(=O)Nc2cc(C)ccc2O3)cc1. The molecule has 1 heterocycles. The number of carbonyl (C=O) groups is 2. The van der Waals surface area contributed by atoms with Gasteiger partial charge in [0.25, 0.3) is 11.8 Å². The summed E-state index contributed by atoms with van der Waals surface area (Å²) in [7, 11) is 0. The number of amides is 2. The first-order chi connectivity index (χ1) is 15.0. The fourth-order valence-corrected chi connectivity index (χ4v) is 3.16. The van der Waals surface area contributed by atoms with Crippen LogP contribution >= 0.6 is 0 Å². The van der Waals surface area contributed by atoms with Gasteiger partial charge in [-0.05, 0) is 74.0 Å². The maximum Gasteiger partial charge on any atom is 0.262 e. The number of carbonyl (C=O) groups excluding carboxylic acids is 2. The van der Waals surface area contributed by atoms with Gasteiger partial charge in [0.15, 0.2) is 12.4 Å². The number of rotatable bonds is 6. The van der Waals surface area contributed by atoms with Crippen LogP contribution in [-0.4, -0.2) is 25.0 Å². The van der Waals surface area contributed by atoms with Gasteiger partial charge >= 0.3 is 0 Å². The molecule has 0 spiro atoms. The number of hydrogen-bond donors (Lipinski definition) is 2. The molecule has 3 aromatic carbocycles. The van der Waals surface area contributed by atoms with Gasteiger partial charge in [0.2, 0.25) is 0 Å². The molecule has 0 unspecified atom stereocenters. The van der Waals surface area contributed by atoms with Gasteiger partial charge in [0.05, 0.1) is 17.9 Å². The van der Waals surface area contributed by atoms with Crippen LogP contribution in [0.25, 0.3) is 0 Å². The molecular formula is C24H22N2O5. The molecule has 0 fully saturated rings. The van der Waals surface area contributed by atoms with Gasteiger partial charge in [-0.25, -0.2) is 0 Å². The minimum atomic E-state index is -0.345. The van der Waals surface area contributed by atoms with Crippen molar-refractivity contribution >= 4 is 23.2 Å². The van der Waals surface area contributed by atoms with Crippen molar-refractivity contribution in [3.05, 3.63) is 71.8 Å². The molecule has 0 aliphatic carbocycles. The summed E-state index contributed by atoms with van der Waals surface area (Å²) in [5.41, 5.74) is 2.42. The van der Waals surface area contributed by atoms with Crippen molar-refractivity contribution in [3.63, 3.8) is 0 Å². The molecule has 0 saturated carbocycles. The highest BCUT2D eigenvalue weighted by molar-refractivity contribution is 6.09. The van der Waals surface area contributed by atoms with E-state index >= 15 is 0 Å². The molecule has 0 aromatic heterocycles. The van der Waals surface area contributed by atoms with Gasteiger partial charge in [-0.1, -0.05) is 6.07 Å². The lowest BCUT2D eigenvalue weighted by Crippen LogP contribution is -2.20. The summed E-state index contributed by atoms with van der Waals surface area (Å²) in [6.07, 6.45) is 0. The van der Waals surface area contributed by atoms with E-state index in [0.29, 0.717) is 40.8 Å². The van der Waals surface area contributed by atoms with E-state index < -0.39 is 0 Å². The third-order valence-corrected chi connectivity index (χ3v) is 4.62. The van der Waals surface area contributed by atoms with Crippen LogP contribution in [0.5, 0.6) is 23.0 Å². The Kier molecular flexibility index (Phi) is 5.75. The molecule has 0 bridgehead atoms. The number of anilines is 2. The summed E-state index contributed by atoms with van der Waals surface area (Å²) in [5.74, 6) is 1.63. The van der Waals surface area contributed by atoms with E-state index in [4.69, 9.17) is 14.2 Å². The average Bonchev–Trinajstić information content (AvgIpc) is 2.89. The second-order valence-electron chi connectivity index (χ2n) is 7.01. The summed E-state index contributed by atoms with van der Waals surface area (Å²) >= 11 is 0. The lowest BCUT2D eigenvalue weighted by molar-refractivity contribution is -0.118. The second kappa shape index (κ2) is 8.79. The minimum Gasteiger partial charge on any atom is -0.494 e. The van der Waals surface area contributed by atoms with E-state index in [2.05, 4.69) is 10.6 Å². The van der Waals surface area contributed by atoms with Gasteiger partial charge in [-0.15, -0.1) is 0 Å². The van der Waals surface area contributed by atoms with Crippen LogP contribution in [0.15, 0.2) is 60.7 Å². The molecular weight excluding hydrogens is 396 g/mol. The minimum absolute atomic E-state index is 0.168. The Morgan fingerprint density at radius 1 is 0.968 bits per heavy atom. The van der Waals surface area contributed by atoms with Crippen molar-refractivity contribution in [2.75, 3.05) is 23.8 Å². The summed E-state index contributed by atoms with van der Waals surface area (Å²) in [4.78, 5) is 25.0. The molecule has 1 aliphatic heterocycles. The van der Waals surface area contributed by atoms with Crippen molar-refractivity contribution < 1.29 is 23.8 Å². The van der Waals surface area contributed by atoms with Crippen molar-refractivity contribution in [2.45, 2.75) is 13.8 Å². The molecule has 7 nitrogen and oxygen atoms in total. The number of benzene rings is 3. The van der Waals surface area contributed by atoms with E-state index in [1.54, 1.807) is 42.5 Å². The predicted molar refractivity (Wildman–Crippen MR) is 117 cm³/mol. The molecule has 0 atom stereocenters. The zero-order valence-electron chi connectivity index (χ0n) is 17.2. The van der Waals surface area contributed by atoms with Crippen molar-refractivity contribution in [1.29, 1.82) is 0 Å². The summed E-state index contributed by atoms with van der Waals surface area (Å²) in [6.45, 7) is 4.26. The molecule has 0 radical (unpaired) electrons. The summed E-state index contributed by atoms with van der Waals surface area (Å²) in [5, 5.41) is 5.59. The molecule has 4 rings (SSSR count). The molecule has 0 saturated heterocycles. The zero-order chi connectivity index (χ0) is 21.8. The van der Waals surface area contributed by atoms with Crippen LogP contribution in [0, 0.1) is 6.92 Å². The maximum atomic E-state index is 12.7. The van der Waals surface area contributed by atoms with Crippen LogP contribution in [0.4, 0.5) is 11.4 Å². The standard InChI is InChI=1S/C24H22N2O5/c1-3-29-17-6-8-18(9-7-17)30-14-23(27)25-16-5-11-21-19(13-16)24(28)26-20-12-15(2)4-10-22(20)31-21/h4-13H,3,14H2,1-2H3,(H,25,27)(H,26,28). The molecule has 2 N–H and O–H groups in total. The first kappa shape index (κ1) is 20.3. The number of ether oxygens (including phenoxy) is 3. The molecule has 2 amide bonds. The second-order valence-corrected chi connectivity index (χ2v) is 7.01. The van der Waals surface area contributed by atoms with Gasteiger partial charge in [-0.3, -0.25) is 9.59 Å². The van der Waals surface area contributed by atoms with Crippen LogP contribution < -0.4 is 24.8 Å². The normalized spacial score (nSPS) is 11.9. The highest BCUT2D eigenvalue weighted by atomic mass is 16.5. The molecule has 158 valence electrons. The Morgan fingerprint density at radius 3 is 2.42 bits per heavy atom. The Bertz CT molecular complexity index is 1130. The molecule has 3 aromatic rings. The van der Waals surface area contributed by atoms with E-state index in [0.717, 1.165) is 11.3 Å². The van der Waals surface area contributed by atoms with E-state index in [1.165, 1.54) is 0 Å². The number of fused-ring (bicyclic) bond motifs is 2. The van der Waals surface area contributed by atoms with Crippen molar-refractivity contribution in [1.82, 2.24) is 0 Å². The largest absolute Gasteiger partial charge is 0.494 e. The Hall–Kier alpha value is -4.00. The number of nitrogens with one attached hydrogen (secondary N) is 2. The van der Waals surface area contributed by atoms with Crippen LogP contribution in [-0.2, 0) is 4.79 Å². The smallest absolute Gasteiger partial charge is 0.262 e. The van der Waals surface area contributed by atoms with Crippen LogP contribution in [0.2, 0.25) is 0 Å². The topological polar surface area (TPSA) is 85.9 Å². The summed E-state index contributed by atoms with van der Waals surface area (Å²) < 4.78 is 16.8. The monoisotopic (exact) mass is 418 g/mol. The van der Waals surface area contributed by atoms with E-state index in [9.17, 15) is 9.59 Å². The van der Waals surface area contributed by atoms with E-state index in [1.807, 2.05) is 32.0 Å². The highest BCUT2D eigenvalue weighted by Gasteiger charge is 2.21. The Morgan fingerprint density at radius 2 is 1.68 bits per heavy atom. The third kappa shape index (κ3) is 4.78. The Balaban J connectivity index is 1.41. The van der Waals surface area contributed by atoms with Crippen LogP contribution in [0.3, 0.4) is 0 Å². The van der Waals surface area contributed by atoms with Gasteiger partial charge in [-0.2, -0.15) is 0 Å². The lowest BCUT2D eigenvalue weighted by atomic mass is 10.1. The number of hydrogen-bond acceptors (Lipinski definition) is 5. The molecule has 31 heavy (non-hydrogen) atoms. The average molecular weight is 418 g/mol. The molecule has 7 heteroatoms. The highest BCUT2D eigenvalue weighted by Crippen LogP contribution is 2.37. The van der Waals surface area contributed by atoms with Crippen molar-refractivity contribution in [3.8, 4) is 23.0 Å². The van der Waals surface area contributed by atoms with Gasteiger partial charge < -0.3 is 24.8 Å². The zero-order valence-corrected chi connectivity index (χ0v) is 17.2. The summed E-state index contributed by atoms with van der Waals surface area (Å²) in [6, 6.07) is 17.5. The fourth-order valence-electron chi connectivity index (χ4n) is 3.16. The first-order valence-electron chi connectivity index (χ1n) is 9.91. The van der Waals surface area contributed by atoms with Gasteiger partial charge in [0.1, 0.15) is 17.2 Å². The maximum absolute atomic E-state index is 12.7. The van der Waals surface area contributed by atoms with Crippen LogP contribution in [0.1, 0.15) is 22.8 Å². The van der Waals surface area contributed by atoms with Gasteiger partial charge in [0, 0.05) is 5.69 Å². The molecule has 1 aliphatic rings. The third-order valence-electron chi connectivity index (χ3n) is 4.62. The quantitative estimate of drug-likeness (QED) is 0.602. The Labute approximate surface area is 179 Å². The first-order valence-corrected chi connectivity index (χ1v) is 9.91. The van der Waals surface area contributed by atoms with E-state index in [-0.39, 0.29) is 18.4 Å². The number of aryl methyl sites for hydroxylation is 1. The fraction of sp³-hybridized carbons (Fsp3) is 0.167.